The smallest absolute Gasteiger partial charge is 0.307 e. The fourth-order valence-corrected chi connectivity index (χ4v) is 1.96. The number of carbonyl (C=O) groups excluding carboxylic acids is 1. The Bertz CT molecular complexity index is 350. The van der Waals surface area contributed by atoms with Crippen molar-refractivity contribution in [2.45, 2.75) is 32.7 Å². The van der Waals surface area contributed by atoms with E-state index in [1.54, 1.807) is 0 Å². The molecule has 1 aromatic rings. The molecule has 0 aliphatic carbocycles. The van der Waals surface area contributed by atoms with E-state index in [0.29, 0.717) is 13.0 Å². The van der Waals surface area contributed by atoms with E-state index in [1.165, 1.54) is 0 Å². The summed E-state index contributed by atoms with van der Waals surface area (Å²) in [4.78, 5) is 11.6. The van der Waals surface area contributed by atoms with Gasteiger partial charge in [-0.2, -0.15) is 0 Å². The summed E-state index contributed by atoms with van der Waals surface area (Å²) in [6.45, 7) is 7.13. The summed E-state index contributed by atoms with van der Waals surface area (Å²) >= 11 is 0. The fraction of sp³-hybridized carbons (Fsp3) is 0.500. The minimum atomic E-state index is -0.359. The predicted octanol–water partition coefficient (Wildman–Crippen LogP) is 2.46. The lowest BCUT2D eigenvalue weighted by atomic mass is 9.88. The second kappa shape index (κ2) is 6.40. The molecule has 0 heterocycles. The monoisotopic (exact) mass is 235 g/mol. The molecule has 0 radical (unpaired) electrons. The lowest BCUT2D eigenvalue weighted by Crippen LogP contribution is -2.41. The van der Waals surface area contributed by atoms with E-state index < -0.39 is 0 Å². The summed E-state index contributed by atoms with van der Waals surface area (Å²) in [7, 11) is 0. The van der Waals surface area contributed by atoms with Gasteiger partial charge in [-0.3, -0.25) is 4.79 Å². The highest BCUT2D eigenvalue weighted by atomic mass is 16.5. The van der Waals surface area contributed by atoms with Crippen molar-refractivity contribution in [2.75, 3.05) is 13.2 Å². The van der Waals surface area contributed by atoms with Crippen molar-refractivity contribution < 1.29 is 9.53 Å². The van der Waals surface area contributed by atoms with Gasteiger partial charge in [0, 0.05) is 0 Å². The van der Waals surface area contributed by atoms with E-state index in [0.717, 1.165) is 12.1 Å². The van der Waals surface area contributed by atoms with Gasteiger partial charge in [0.15, 0.2) is 0 Å². The fourth-order valence-electron chi connectivity index (χ4n) is 1.96. The van der Waals surface area contributed by atoms with Crippen LogP contribution >= 0.6 is 0 Å². The van der Waals surface area contributed by atoms with Crippen LogP contribution in [0.1, 0.15) is 32.8 Å². The third kappa shape index (κ3) is 3.86. The maximum Gasteiger partial charge on any atom is 0.307 e. The molecule has 1 unspecified atom stereocenters. The molecule has 1 N–H and O–H groups in total. The Balaban J connectivity index is 2.86. The molecule has 0 spiro atoms. The average Bonchev–Trinajstić information content (AvgIpc) is 2.30. The average molecular weight is 235 g/mol. The molecule has 0 saturated carbocycles. The Kier molecular flexibility index (Phi) is 5.16. The summed E-state index contributed by atoms with van der Waals surface area (Å²) in [6.07, 6.45) is 0.346. The molecule has 0 aliphatic rings. The van der Waals surface area contributed by atoms with Gasteiger partial charge in [-0.1, -0.05) is 37.3 Å². The SMILES string of the molecule is CCNC(C)(CC(=O)OCC)c1ccccc1. The van der Waals surface area contributed by atoms with Gasteiger partial charge in [-0.05, 0) is 26.0 Å². The van der Waals surface area contributed by atoms with E-state index >= 15 is 0 Å². The Labute approximate surface area is 103 Å². The summed E-state index contributed by atoms with van der Waals surface area (Å²) in [5.74, 6) is -0.167. The number of carbonyl (C=O) groups is 1. The zero-order valence-corrected chi connectivity index (χ0v) is 10.8. The molecule has 3 nitrogen and oxygen atoms in total. The van der Waals surface area contributed by atoms with Crippen molar-refractivity contribution in [1.29, 1.82) is 0 Å². The Morgan fingerprint density at radius 1 is 1.29 bits per heavy atom. The number of ether oxygens (including phenoxy) is 1. The van der Waals surface area contributed by atoms with Crippen molar-refractivity contribution in [3.8, 4) is 0 Å². The van der Waals surface area contributed by atoms with Crippen LogP contribution in [0.5, 0.6) is 0 Å². The second-order valence-corrected chi connectivity index (χ2v) is 4.21. The van der Waals surface area contributed by atoms with Crippen LogP contribution in [0.15, 0.2) is 30.3 Å². The van der Waals surface area contributed by atoms with Gasteiger partial charge in [-0.15, -0.1) is 0 Å². The molecule has 1 aromatic carbocycles. The van der Waals surface area contributed by atoms with Crippen LogP contribution in [-0.4, -0.2) is 19.1 Å². The highest BCUT2D eigenvalue weighted by Crippen LogP contribution is 2.24. The normalized spacial score (nSPS) is 14.1. The van der Waals surface area contributed by atoms with Gasteiger partial charge in [0.25, 0.3) is 0 Å². The first kappa shape index (κ1) is 13.7. The van der Waals surface area contributed by atoms with Gasteiger partial charge >= 0.3 is 5.97 Å². The van der Waals surface area contributed by atoms with Gasteiger partial charge in [0.05, 0.1) is 18.6 Å². The highest BCUT2D eigenvalue weighted by molar-refractivity contribution is 5.71. The molecule has 0 saturated heterocycles. The quantitative estimate of drug-likeness (QED) is 0.770. The van der Waals surface area contributed by atoms with Crippen molar-refractivity contribution in [3.05, 3.63) is 35.9 Å². The number of benzene rings is 1. The lowest BCUT2D eigenvalue weighted by Gasteiger charge is -2.30. The van der Waals surface area contributed by atoms with E-state index in [2.05, 4.69) is 5.32 Å². The minimum Gasteiger partial charge on any atom is -0.466 e. The predicted molar refractivity (Wildman–Crippen MR) is 68.7 cm³/mol. The van der Waals surface area contributed by atoms with Crippen molar-refractivity contribution in [2.24, 2.45) is 0 Å². The van der Waals surface area contributed by atoms with Gasteiger partial charge in [-0.25, -0.2) is 0 Å². The molecular formula is C14H21NO2. The molecule has 0 aliphatic heterocycles. The van der Waals surface area contributed by atoms with E-state index in [1.807, 2.05) is 51.1 Å². The number of nitrogens with one attached hydrogen (secondary N) is 1. The van der Waals surface area contributed by atoms with Crippen LogP contribution < -0.4 is 5.32 Å². The number of hydrogen-bond donors (Lipinski definition) is 1. The molecular weight excluding hydrogens is 214 g/mol. The van der Waals surface area contributed by atoms with Gasteiger partial charge in [0.2, 0.25) is 0 Å². The first-order valence-corrected chi connectivity index (χ1v) is 6.08. The maximum atomic E-state index is 11.6. The number of rotatable bonds is 6. The molecule has 1 atom stereocenters. The van der Waals surface area contributed by atoms with Gasteiger partial charge in [0.1, 0.15) is 0 Å². The molecule has 1 rings (SSSR count). The molecule has 94 valence electrons. The van der Waals surface area contributed by atoms with Gasteiger partial charge < -0.3 is 10.1 Å². The Hall–Kier alpha value is -1.35. The second-order valence-electron chi connectivity index (χ2n) is 4.21. The van der Waals surface area contributed by atoms with Crippen LogP contribution in [0.4, 0.5) is 0 Å². The maximum absolute atomic E-state index is 11.6. The highest BCUT2D eigenvalue weighted by Gasteiger charge is 2.28. The molecule has 0 aromatic heterocycles. The zero-order chi connectivity index (χ0) is 12.7. The molecule has 0 fully saturated rings. The molecule has 0 bridgehead atoms. The van der Waals surface area contributed by atoms with Crippen LogP contribution in [-0.2, 0) is 15.1 Å². The first-order chi connectivity index (χ1) is 8.12. The van der Waals surface area contributed by atoms with Crippen LogP contribution in [0.25, 0.3) is 0 Å². The topological polar surface area (TPSA) is 38.3 Å². The van der Waals surface area contributed by atoms with Crippen molar-refractivity contribution >= 4 is 5.97 Å². The van der Waals surface area contributed by atoms with Crippen LogP contribution in [0.2, 0.25) is 0 Å². The standard InChI is InChI=1S/C14H21NO2/c1-4-15-14(3,11-13(16)17-5-2)12-9-7-6-8-10-12/h6-10,15H,4-5,11H2,1-3H3. The zero-order valence-electron chi connectivity index (χ0n) is 10.8. The summed E-state index contributed by atoms with van der Waals surface area (Å²) in [6, 6.07) is 10.00. The third-order valence-electron chi connectivity index (χ3n) is 2.78. The lowest BCUT2D eigenvalue weighted by molar-refractivity contribution is -0.144. The summed E-state index contributed by atoms with van der Waals surface area (Å²) in [5, 5.41) is 3.36. The molecule has 17 heavy (non-hydrogen) atoms. The minimum absolute atomic E-state index is 0.167. The number of hydrogen-bond acceptors (Lipinski definition) is 3. The number of esters is 1. The third-order valence-corrected chi connectivity index (χ3v) is 2.78. The summed E-state index contributed by atoms with van der Waals surface area (Å²) in [5.41, 5.74) is 0.748. The van der Waals surface area contributed by atoms with Crippen LogP contribution in [0, 0.1) is 0 Å². The molecule has 0 amide bonds. The first-order valence-electron chi connectivity index (χ1n) is 6.08. The Morgan fingerprint density at radius 3 is 2.47 bits per heavy atom. The van der Waals surface area contributed by atoms with Crippen molar-refractivity contribution in [3.63, 3.8) is 0 Å². The molecule has 3 heteroatoms. The van der Waals surface area contributed by atoms with Crippen molar-refractivity contribution in [1.82, 2.24) is 5.32 Å². The summed E-state index contributed by atoms with van der Waals surface area (Å²) < 4.78 is 5.03. The van der Waals surface area contributed by atoms with E-state index in [-0.39, 0.29) is 11.5 Å². The van der Waals surface area contributed by atoms with E-state index in [4.69, 9.17) is 4.74 Å². The van der Waals surface area contributed by atoms with Crippen LogP contribution in [0.3, 0.4) is 0 Å². The van der Waals surface area contributed by atoms with E-state index in [9.17, 15) is 4.79 Å². The largest absolute Gasteiger partial charge is 0.466 e. The Morgan fingerprint density at radius 2 is 1.94 bits per heavy atom.